The minimum atomic E-state index is -0.429. The van der Waals surface area contributed by atoms with Crippen LogP contribution >= 0.6 is 23.2 Å². The molecule has 0 heterocycles. The van der Waals surface area contributed by atoms with Crippen LogP contribution in [0.5, 0.6) is 0 Å². The van der Waals surface area contributed by atoms with Crippen molar-refractivity contribution in [2.45, 2.75) is 33.7 Å². The molecule has 0 aliphatic heterocycles. The van der Waals surface area contributed by atoms with Gasteiger partial charge < -0.3 is 5.32 Å². The van der Waals surface area contributed by atoms with Crippen LogP contribution < -0.4 is 5.32 Å². The summed E-state index contributed by atoms with van der Waals surface area (Å²) < 4.78 is 13.4. The Hall–Kier alpha value is -0.310. The van der Waals surface area contributed by atoms with Crippen molar-refractivity contribution in [1.82, 2.24) is 5.32 Å². The SMILES string of the molecule is CC(NCC(C)C(C)C)c1c(Cl)ccc(F)c1Cl. The van der Waals surface area contributed by atoms with E-state index in [1.54, 1.807) is 6.07 Å². The molecule has 0 bridgehead atoms. The van der Waals surface area contributed by atoms with E-state index >= 15 is 0 Å². The molecule has 0 radical (unpaired) electrons. The Morgan fingerprint density at radius 3 is 2.33 bits per heavy atom. The van der Waals surface area contributed by atoms with Crippen LogP contribution in [0.2, 0.25) is 10.0 Å². The number of hydrogen-bond donors (Lipinski definition) is 1. The predicted octanol–water partition coefficient (Wildman–Crippen LogP) is 5.08. The van der Waals surface area contributed by atoms with Gasteiger partial charge in [0.25, 0.3) is 0 Å². The number of nitrogens with one attached hydrogen (secondary N) is 1. The fourth-order valence-electron chi connectivity index (χ4n) is 1.64. The van der Waals surface area contributed by atoms with E-state index in [-0.39, 0.29) is 11.1 Å². The lowest BCUT2D eigenvalue weighted by molar-refractivity contribution is 0.375. The van der Waals surface area contributed by atoms with Gasteiger partial charge in [-0.2, -0.15) is 0 Å². The van der Waals surface area contributed by atoms with Gasteiger partial charge in [-0.25, -0.2) is 4.39 Å². The summed E-state index contributed by atoms with van der Waals surface area (Å²) in [5, 5.41) is 3.96. The van der Waals surface area contributed by atoms with Gasteiger partial charge in [0, 0.05) is 16.6 Å². The second kappa shape index (κ2) is 6.74. The highest BCUT2D eigenvalue weighted by Crippen LogP contribution is 2.32. The Morgan fingerprint density at radius 2 is 1.78 bits per heavy atom. The first-order valence-corrected chi connectivity index (χ1v) is 6.97. The van der Waals surface area contributed by atoms with Crippen molar-refractivity contribution in [1.29, 1.82) is 0 Å². The zero-order valence-electron chi connectivity index (χ0n) is 11.2. The molecular weight excluding hydrogens is 272 g/mol. The van der Waals surface area contributed by atoms with E-state index in [1.165, 1.54) is 6.07 Å². The lowest BCUT2D eigenvalue weighted by atomic mass is 9.97. The molecule has 2 atom stereocenters. The van der Waals surface area contributed by atoms with Gasteiger partial charge in [0.15, 0.2) is 0 Å². The molecule has 0 aromatic heterocycles. The Morgan fingerprint density at radius 1 is 1.17 bits per heavy atom. The van der Waals surface area contributed by atoms with Crippen molar-refractivity contribution in [3.63, 3.8) is 0 Å². The summed E-state index contributed by atoms with van der Waals surface area (Å²) >= 11 is 12.1. The zero-order chi connectivity index (χ0) is 13.9. The first-order valence-electron chi connectivity index (χ1n) is 6.21. The Bertz CT molecular complexity index is 407. The molecule has 1 aromatic rings. The quantitative estimate of drug-likeness (QED) is 0.747. The molecule has 0 aliphatic rings. The van der Waals surface area contributed by atoms with Gasteiger partial charge in [0.2, 0.25) is 0 Å². The van der Waals surface area contributed by atoms with Gasteiger partial charge >= 0.3 is 0 Å². The van der Waals surface area contributed by atoms with E-state index in [0.717, 1.165) is 6.54 Å². The molecule has 1 nitrogen and oxygen atoms in total. The molecule has 0 saturated carbocycles. The number of benzene rings is 1. The topological polar surface area (TPSA) is 12.0 Å². The van der Waals surface area contributed by atoms with Crippen molar-refractivity contribution >= 4 is 23.2 Å². The third-order valence-electron chi connectivity index (χ3n) is 3.40. The van der Waals surface area contributed by atoms with Crippen LogP contribution in [0.25, 0.3) is 0 Å². The van der Waals surface area contributed by atoms with Crippen molar-refractivity contribution in [2.75, 3.05) is 6.54 Å². The third kappa shape index (κ3) is 3.84. The second-order valence-electron chi connectivity index (χ2n) is 5.11. The molecule has 0 spiro atoms. The second-order valence-corrected chi connectivity index (χ2v) is 5.89. The predicted molar refractivity (Wildman–Crippen MR) is 76.8 cm³/mol. The fourth-order valence-corrected chi connectivity index (χ4v) is 2.34. The molecule has 1 aromatic carbocycles. The molecule has 0 saturated heterocycles. The van der Waals surface area contributed by atoms with E-state index in [4.69, 9.17) is 23.2 Å². The van der Waals surface area contributed by atoms with E-state index in [1.807, 2.05) is 6.92 Å². The van der Waals surface area contributed by atoms with Crippen molar-refractivity contribution in [3.05, 3.63) is 33.6 Å². The Kier molecular flexibility index (Phi) is 5.90. The van der Waals surface area contributed by atoms with Crippen molar-refractivity contribution in [2.24, 2.45) is 11.8 Å². The normalized spacial score (nSPS) is 14.9. The summed E-state index contributed by atoms with van der Waals surface area (Å²) in [5.41, 5.74) is 0.634. The lowest BCUT2D eigenvalue weighted by Crippen LogP contribution is -2.27. The van der Waals surface area contributed by atoms with Gasteiger partial charge in [-0.05, 0) is 37.4 Å². The van der Waals surface area contributed by atoms with Crippen LogP contribution in [0.3, 0.4) is 0 Å². The van der Waals surface area contributed by atoms with Gasteiger partial charge in [-0.3, -0.25) is 0 Å². The van der Waals surface area contributed by atoms with Crippen LogP contribution in [-0.2, 0) is 0 Å². The highest BCUT2D eigenvalue weighted by Gasteiger charge is 2.17. The number of hydrogen-bond acceptors (Lipinski definition) is 1. The number of rotatable bonds is 5. The molecule has 102 valence electrons. The molecule has 0 aliphatic carbocycles. The average Bonchev–Trinajstić information content (AvgIpc) is 2.31. The lowest BCUT2D eigenvalue weighted by Gasteiger charge is -2.22. The molecule has 0 fully saturated rings. The van der Waals surface area contributed by atoms with Crippen LogP contribution in [0.4, 0.5) is 4.39 Å². The highest BCUT2D eigenvalue weighted by atomic mass is 35.5. The minimum Gasteiger partial charge on any atom is -0.310 e. The molecule has 18 heavy (non-hydrogen) atoms. The summed E-state index contributed by atoms with van der Waals surface area (Å²) in [6, 6.07) is 2.77. The third-order valence-corrected chi connectivity index (χ3v) is 4.11. The van der Waals surface area contributed by atoms with Gasteiger partial charge in [-0.15, -0.1) is 0 Å². The Labute approximate surface area is 119 Å². The maximum Gasteiger partial charge on any atom is 0.142 e. The molecule has 4 heteroatoms. The van der Waals surface area contributed by atoms with Crippen LogP contribution in [-0.4, -0.2) is 6.54 Å². The summed E-state index contributed by atoms with van der Waals surface area (Å²) in [5.74, 6) is 0.711. The smallest absolute Gasteiger partial charge is 0.142 e. The maximum absolute atomic E-state index is 13.4. The highest BCUT2D eigenvalue weighted by molar-refractivity contribution is 6.36. The molecule has 0 amide bonds. The molecule has 1 N–H and O–H groups in total. The van der Waals surface area contributed by atoms with E-state index < -0.39 is 5.82 Å². The standard InChI is InChI=1S/C14H20Cl2FN/c1-8(2)9(3)7-18-10(4)13-11(15)5-6-12(17)14(13)16/h5-6,8-10,18H,7H2,1-4H3. The monoisotopic (exact) mass is 291 g/mol. The molecular formula is C14H20Cl2FN. The fraction of sp³-hybridized carbons (Fsp3) is 0.571. The van der Waals surface area contributed by atoms with Crippen molar-refractivity contribution < 1.29 is 4.39 Å². The minimum absolute atomic E-state index is 0.0677. The Balaban J connectivity index is 2.79. The first kappa shape index (κ1) is 15.7. The zero-order valence-corrected chi connectivity index (χ0v) is 12.7. The van der Waals surface area contributed by atoms with Gasteiger partial charge in [0.1, 0.15) is 5.82 Å². The van der Waals surface area contributed by atoms with Gasteiger partial charge in [0.05, 0.1) is 5.02 Å². The van der Waals surface area contributed by atoms with Crippen molar-refractivity contribution in [3.8, 4) is 0 Å². The van der Waals surface area contributed by atoms with Gasteiger partial charge in [-0.1, -0.05) is 44.0 Å². The maximum atomic E-state index is 13.4. The van der Waals surface area contributed by atoms with E-state index in [9.17, 15) is 4.39 Å². The summed E-state index contributed by atoms with van der Waals surface area (Å²) in [6.07, 6.45) is 0. The van der Waals surface area contributed by atoms with Crippen LogP contribution in [0.15, 0.2) is 12.1 Å². The van der Waals surface area contributed by atoms with E-state index in [0.29, 0.717) is 22.4 Å². The first-order chi connectivity index (χ1) is 8.34. The molecule has 1 rings (SSSR count). The van der Waals surface area contributed by atoms with E-state index in [2.05, 4.69) is 26.1 Å². The summed E-state index contributed by atoms with van der Waals surface area (Å²) in [7, 11) is 0. The molecule has 2 unspecified atom stereocenters. The van der Waals surface area contributed by atoms with Crippen LogP contribution in [0.1, 0.15) is 39.3 Å². The summed E-state index contributed by atoms with van der Waals surface area (Å²) in [6.45, 7) is 9.33. The summed E-state index contributed by atoms with van der Waals surface area (Å²) in [4.78, 5) is 0. The average molecular weight is 292 g/mol. The number of halogens is 3. The van der Waals surface area contributed by atoms with Crippen LogP contribution in [0, 0.1) is 17.7 Å². The largest absolute Gasteiger partial charge is 0.310 e.